The molecule has 1 aromatic rings. The Labute approximate surface area is 176 Å². The number of hydrogen-bond donors (Lipinski definition) is 3. The Morgan fingerprint density at radius 3 is 2.67 bits per heavy atom. The minimum absolute atomic E-state index is 0.0230. The summed E-state index contributed by atoms with van der Waals surface area (Å²) in [5, 5.41) is 30.8. The van der Waals surface area contributed by atoms with Gasteiger partial charge in [0.25, 0.3) is 5.95 Å². The third-order valence-corrected chi connectivity index (χ3v) is 6.14. The van der Waals surface area contributed by atoms with Crippen LogP contribution in [0.4, 0.5) is 0 Å². The van der Waals surface area contributed by atoms with Gasteiger partial charge in [0.1, 0.15) is 12.4 Å². The highest BCUT2D eigenvalue weighted by molar-refractivity contribution is 6.04. The number of ether oxygens (including phenoxy) is 3. The molecule has 0 unspecified atom stereocenters. The zero-order valence-electron chi connectivity index (χ0n) is 17.9. The van der Waals surface area contributed by atoms with Gasteiger partial charge in [0.15, 0.2) is 5.78 Å². The van der Waals surface area contributed by atoms with Gasteiger partial charge in [0.05, 0.1) is 49.8 Å². The van der Waals surface area contributed by atoms with E-state index < -0.39 is 24.4 Å². The first-order valence-corrected chi connectivity index (χ1v) is 10.4. The van der Waals surface area contributed by atoms with E-state index in [2.05, 4.69) is 0 Å². The Morgan fingerprint density at radius 2 is 2.03 bits per heavy atom. The lowest BCUT2D eigenvalue weighted by molar-refractivity contribution is -0.165. The second-order valence-electron chi connectivity index (χ2n) is 8.51. The first-order valence-electron chi connectivity index (χ1n) is 10.4. The van der Waals surface area contributed by atoms with Crippen LogP contribution in [-0.2, 0) is 9.47 Å². The van der Waals surface area contributed by atoms with Gasteiger partial charge < -0.3 is 33.9 Å². The third kappa shape index (κ3) is 5.31. The average molecular weight is 424 g/mol. The molecule has 2 aliphatic rings. The Hall–Kier alpha value is -1.71. The van der Waals surface area contributed by atoms with Crippen molar-refractivity contribution in [1.29, 1.82) is 0 Å². The van der Waals surface area contributed by atoms with Gasteiger partial charge in [-0.05, 0) is 32.8 Å². The van der Waals surface area contributed by atoms with E-state index in [1.54, 1.807) is 13.8 Å². The molecule has 0 aliphatic carbocycles. The second-order valence-corrected chi connectivity index (χ2v) is 8.51. The van der Waals surface area contributed by atoms with Crippen molar-refractivity contribution in [2.75, 3.05) is 13.7 Å². The molecule has 3 rings (SSSR count). The Bertz CT molecular complexity index is 754. The summed E-state index contributed by atoms with van der Waals surface area (Å²) in [6.07, 6.45) is 0.609. The van der Waals surface area contributed by atoms with Gasteiger partial charge in [-0.3, -0.25) is 4.79 Å². The molecule has 2 fully saturated rings. The van der Waals surface area contributed by atoms with Gasteiger partial charge in [-0.25, -0.2) is 0 Å². The highest BCUT2D eigenvalue weighted by Gasteiger charge is 2.48. The van der Waals surface area contributed by atoms with Gasteiger partial charge >= 0.3 is 0 Å². The van der Waals surface area contributed by atoms with E-state index in [9.17, 15) is 20.1 Å². The first-order chi connectivity index (χ1) is 14.2. The fourth-order valence-corrected chi connectivity index (χ4v) is 3.95. The van der Waals surface area contributed by atoms with E-state index in [1.165, 1.54) is 25.5 Å². The van der Waals surface area contributed by atoms with Crippen LogP contribution in [0.25, 0.3) is 0 Å². The molecule has 2 saturated heterocycles. The maximum atomic E-state index is 12.3. The molecule has 8 nitrogen and oxygen atoms in total. The molecule has 0 spiro atoms. The van der Waals surface area contributed by atoms with Crippen molar-refractivity contribution in [3.8, 4) is 5.95 Å². The Morgan fingerprint density at radius 1 is 1.30 bits per heavy atom. The van der Waals surface area contributed by atoms with Crippen molar-refractivity contribution in [1.82, 2.24) is 0 Å². The lowest BCUT2D eigenvalue weighted by Gasteiger charge is -2.38. The number of carbonyl (C=O) groups excluding carboxylic acids is 1. The molecule has 168 valence electrons. The molecule has 0 aromatic carbocycles. The van der Waals surface area contributed by atoms with E-state index in [1.807, 2.05) is 6.92 Å². The number of carbonyl (C=O) groups is 1. The predicted octanol–water partition coefficient (Wildman–Crippen LogP) is 1.72. The van der Waals surface area contributed by atoms with E-state index in [-0.39, 0.29) is 35.8 Å². The maximum Gasteiger partial charge on any atom is 0.284 e. The maximum absolute atomic E-state index is 12.3. The molecular formula is C22H32O8. The van der Waals surface area contributed by atoms with Crippen LogP contribution in [0.1, 0.15) is 44.0 Å². The van der Waals surface area contributed by atoms with Crippen LogP contribution in [0.2, 0.25) is 0 Å². The van der Waals surface area contributed by atoms with Crippen LogP contribution in [0.3, 0.4) is 0 Å². The number of furan rings is 1. The van der Waals surface area contributed by atoms with Gasteiger partial charge in [-0.15, -0.1) is 0 Å². The topological polar surface area (TPSA) is 122 Å². The lowest BCUT2D eigenvalue weighted by atomic mass is 9.85. The Kier molecular flexibility index (Phi) is 7.36. The van der Waals surface area contributed by atoms with Crippen molar-refractivity contribution >= 4 is 5.78 Å². The molecule has 8 heteroatoms. The highest BCUT2D eigenvalue weighted by Crippen LogP contribution is 2.38. The molecule has 0 amide bonds. The summed E-state index contributed by atoms with van der Waals surface area (Å²) in [5.74, 6) is -0.187. The van der Waals surface area contributed by atoms with Crippen LogP contribution < -0.4 is 4.74 Å². The third-order valence-electron chi connectivity index (χ3n) is 6.14. The smallest absolute Gasteiger partial charge is 0.284 e. The van der Waals surface area contributed by atoms with E-state index in [0.717, 1.165) is 5.57 Å². The fraction of sp³-hybridized carbons (Fsp3) is 0.682. The van der Waals surface area contributed by atoms with Crippen molar-refractivity contribution in [3.63, 3.8) is 0 Å². The zero-order chi connectivity index (χ0) is 22.0. The van der Waals surface area contributed by atoms with Crippen LogP contribution in [0.5, 0.6) is 5.95 Å². The predicted molar refractivity (Wildman–Crippen MR) is 107 cm³/mol. The monoisotopic (exact) mass is 424 g/mol. The normalized spacial score (nSPS) is 33.8. The Balaban J connectivity index is 1.51. The lowest BCUT2D eigenvalue weighted by Crippen LogP contribution is -2.50. The van der Waals surface area contributed by atoms with Crippen molar-refractivity contribution in [3.05, 3.63) is 29.5 Å². The second kappa shape index (κ2) is 9.62. The molecule has 3 N–H and O–H groups in total. The van der Waals surface area contributed by atoms with Crippen LogP contribution in [0, 0.1) is 11.8 Å². The summed E-state index contributed by atoms with van der Waals surface area (Å²) < 4.78 is 21.5. The van der Waals surface area contributed by atoms with E-state index in [0.29, 0.717) is 25.0 Å². The molecule has 2 aliphatic heterocycles. The minimum atomic E-state index is -1.05. The summed E-state index contributed by atoms with van der Waals surface area (Å²) in [6.45, 7) is 5.76. The summed E-state index contributed by atoms with van der Waals surface area (Å²) in [5.41, 5.74) is 1.10. The average Bonchev–Trinajstić information content (AvgIpc) is 3.29. The molecule has 0 radical (unpaired) electrons. The molecular weight excluding hydrogens is 392 g/mol. The van der Waals surface area contributed by atoms with Crippen molar-refractivity contribution in [2.24, 2.45) is 11.8 Å². The molecule has 1 aromatic heterocycles. The number of epoxide rings is 1. The van der Waals surface area contributed by atoms with Crippen LogP contribution in [-0.4, -0.2) is 71.4 Å². The summed E-state index contributed by atoms with van der Waals surface area (Å²) >= 11 is 0. The number of methoxy groups -OCH3 is 1. The number of allylic oxidation sites excluding steroid dienone is 1. The van der Waals surface area contributed by atoms with Gasteiger partial charge in [0.2, 0.25) is 0 Å². The minimum Gasteiger partial charge on any atom is -0.468 e. The number of hydrogen-bond acceptors (Lipinski definition) is 8. The molecule has 8 atom stereocenters. The summed E-state index contributed by atoms with van der Waals surface area (Å²) in [6, 6.07) is 1.51. The number of aliphatic hydroxyl groups is 3. The van der Waals surface area contributed by atoms with E-state index in [4.69, 9.17) is 18.6 Å². The molecule has 0 bridgehead atoms. The van der Waals surface area contributed by atoms with Crippen molar-refractivity contribution < 1.29 is 38.7 Å². The highest BCUT2D eigenvalue weighted by atomic mass is 16.6. The zero-order valence-corrected chi connectivity index (χ0v) is 17.9. The summed E-state index contributed by atoms with van der Waals surface area (Å²) in [7, 11) is 1.46. The van der Waals surface area contributed by atoms with Crippen LogP contribution in [0.15, 0.2) is 28.4 Å². The van der Waals surface area contributed by atoms with Crippen molar-refractivity contribution in [2.45, 2.75) is 70.2 Å². The van der Waals surface area contributed by atoms with Gasteiger partial charge in [-0.1, -0.05) is 12.5 Å². The largest absolute Gasteiger partial charge is 0.468 e. The first kappa shape index (κ1) is 23.0. The SMILES string of the molecule is COc1cc(C(=O)/C=C(\C)C[C@@H]2OC[C@H](C[C@@H]3O[C@H]3[C@@H](C)[C@H](C)O)[C@@H](O)[C@H]2O)co1. The molecule has 0 saturated carbocycles. The van der Waals surface area contributed by atoms with Crippen LogP contribution >= 0.6 is 0 Å². The van der Waals surface area contributed by atoms with Gasteiger partial charge in [-0.2, -0.15) is 0 Å². The van der Waals surface area contributed by atoms with E-state index >= 15 is 0 Å². The quantitative estimate of drug-likeness (QED) is 0.311. The standard InChI is InChI=1S/C22H32O8/c1-11(5-16(24)14-8-19(27-4)29-9-14)6-17-21(26)20(25)15(10-28-17)7-18-22(30-18)12(2)13(3)23/h5,8-9,12-13,15,17-18,20-23,25-26H,6-7,10H2,1-4H3/b11-5+/t12-,13-,15-,17-,18-,20+,21-,22-/m0/s1. The summed E-state index contributed by atoms with van der Waals surface area (Å²) in [4.78, 5) is 12.3. The van der Waals surface area contributed by atoms with Gasteiger partial charge in [0, 0.05) is 17.9 Å². The number of rotatable bonds is 9. The fourth-order valence-electron chi connectivity index (χ4n) is 3.95. The number of ketones is 1. The molecule has 30 heavy (non-hydrogen) atoms. The number of aliphatic hydroxyl groups excluding tert-OH is 3. The molecule has 3 heterocycles.